The lowest BCUT2D eigenvalue weighted by atomic mass is 9.71. The number of benzene rings is 1. The highest BCUT2D eigenvalue weighted by Crippen LogP contribution is 2.52. The maximum absolute atomic E-state index is 6.50. The number of hydrogen-bond acceptors (Lipinski definition) is 3. The van der Waals surface area contributed by atoms with Crippen LogP contribution < -0.4 is 15.2 Å². The molecule has 0 aromatic heterocycles. The van der Waals surface area contributed by atoms with E-state index in [4.69, 9.17) is 15.2 Å². The third-order valence-corrected chi connectivity index (χ3v) is 5.66. The fourth-order valence-corrected chi connectivity index (χ4v) is 4.44. The van der Waals surface area contributed by atoms with Gasteiger partial charge in [-0.05, 0) is 68.6 Å². The van der Waals surface area contributed by atoms with E-state index in [0.717, 1.165) is 41.7 Å². The third-order valence-electron chi connectivity index (χ3n) is 5.66. The van der Waals surface area contributed by atoms with Gasteiger partial charge < -0.3 is 15.2 Å². The number of methoxy groups -OCH3 is 1. The lowest BCUT2D eigenvalue weighted by Crippen LogP contribution is -2.46. The molecular formula is C18H25NO2. The number of fused-ring (bicyclic) bond motifs is 1. The fraction of sp³-hybridized carbons (Fsp3) is 0.667. The van der Waals surface area contributed by atoms with Gasteiger partial charge >= 0.3 is 0 Å². The van der Waals surface area contributed by atoms with Gasteiger partial charge in [-0.2, -0.15) is 0 Å². The Morgan fingerprint density at radius 1 is 1.19 bits per heavy atom. The number of rotatable bonds is 2. The molecule has 1 aromatic carbocycles. The van der Waals surface area contributed by atoms with E-state index in [9.17, 15) is 0 Å². The first-order chi connectivity index (χ1) is 10.2. The van der Waals surface area contributed by atoms with Crippen molar-refractivity contribution >= 4 is 0 Å². The van der Waals surface area contributed by atoms with Gasteiger partial charge in [-0.1, -0.05) is 0 Å². The van der Waals surface area contributed by atoms with Gasteiger partial charge in [0.1, 0.15) is 17.1 Å². The SMILES string of the molecule is COc1ccc2c(c1)[C@@H](N)CC1(CCCC(C3CC3)C1)O2. The van der Waals surface area contributed by atoms with E-state index >= 15 is 0 Å². The Bertz CT molecular complexity index is 540. The average Bonchev–Trinajstić information content (AvgIpc) is 3.32. The Labute approximate surface area is 126 Å². The zero-order chi connectivity index (χ0) is 14.4. The molecule has 4 rings (SSSR count). The molecule has 2 N–H and O–H groups in total. The van der Waals surface area contributed by atoms with Crippen LogP contribution in [-0.2, 0) is 0 Å². The van der Waals surface area contributed by atoms with Crippen molar-refractivity contribution in [3.8, 4) is 11.5 Å². The Hall–Kier alpha value is -1.22. The zero-order valence-corrected chi connectivity index (χ0v) is 12.8. The molecule has 3 heteroatoms. The van der Waals surface area contributed by atoms with E-state index in [1.54, 1.807) is 7.11 Å². The summed E-state index contributed by atoms with van der Waals surface area (Å²) in [5, 5.41) is 0. The van der Waals surface area contributed by atoms with Gasteiger partial charge in [0, 0.05) is 18.0 Å². The van der Waals surface area contributed by atoms with Crippen LogP contribution in [0.5, 0.6) is 11.5 Å². The smallest absolute Gasteiger partial charge is 0.125 e. The molecule has 2 saturated carbocycles. The summed E-state index contributed by atoms with van der Waals surface area (Å²) in [4.78, 5) is 0. The highest BCUT2D eigenvalue weighted by Gasteiger charge is 2.46. The molecule has 3 nitrogen and oxygen atoms in total. The van der Waals surface area contributed by atoms with Crippen LogP contribution in [0, 0.1) is 11.8 Å². The van der Waals surface area contributed by atoms with Crippen molar-refractivity contribution in [3.05, 3.63) is 23.8 Å². The Morgan fingerprint density at radius 3 is 2.81 bits per heavy atom. The van der Waals surface area contributed by atoms with Crippen molar-refractivity contribution in [1.82, 2.24) is 0 Å². The van der Waals surface area contributed by atoms with E-state index in [0.29, 0.717) is 0 Å². The molecule has 3 atom stereocenters. The van der Waals surface area contributed by atoms with Crippen molar-refractivity contribution in [2.75, 3.05) is 7.11 Å². The molecule has 0 amide bonds. The molecular weight excluding hydrogens is 262 g/mol. The summed E-state index contributed by atoms with van der Waals surface area (Å²) in [6, 6.07) is 6.12. The van der Waals surface area contributed by atoms with E-state index in [1.165, 1.54) is 32.1 Å². The van der Waals surface area contributed by atoms with Gasteiger partial charge in [0.25, 0.3) is 0 Å². The maximum Gasteiger partial charge on any atom is 0.125 e. The minimum Gasteiger partial charge on any atom is -0.497 e. The molecule has 21 heavy (non-hydrogen) atoms. The Kier molecular flexibility index (Phi) is 3.14. The standard InChI is InChI=1S/C18H25NO2/c1-20-14-6-7-17-15(9-14)16(19)11-18(21-17)8-2-3-13(10-18)12-4-5-12/h6-7,9,12-13,16H,2-5,8,10-11,19H2,1H3/t13?,16-,18?/m0/s1. The van der Waals surface area contributed by atoms with Crippen molar-refractivity contribution in [2.45, 2.75) is 56.6 Å². The lowest BCUT2D eigenvalue weighted by Gasteiger charge is -2.46. The summed E-state index contributed by atoms with van der Waals surface area (Å²) in [6.07, 6.45) is 8.86. The summed E-state index contributed by atoms with van der Waals surface area (Å²) in [5.41, 5.74) is 7.57. The summed E-state index contributed by atoms with van der Waals surface area (Å²) >= 11 is 0. The minimum absolute atomic E-state index is 0.00743. The molecule has 114 valence electrons. The van der Waals surface area contributed by atoms with E-state index in [-0.39, 0.29) is 11.6 Å². The number of hydrogen-bond donors (Lipinski definition) is 1. The van der Waals surface area contributed by atoms with Crippen LogP contribution in [0.2, 0.25) is 0 Å². The maximum atomic E-state index is 6.50. The number of nitrogens with two attached hydrogens (primary N) is 1. The average molecular weight is 287 g/mol. The van der Waals surface area contributed by atoms with Crippen molar-refractivity contribution in [3.63, 3.8) is 0 Å². The van der Waals surface area contributed by atoms with Crippen molar-refractivity contribution in [1.29, 1.82) is 0 Å². The van der Waals surface area contributed by atoms with Crippen LogP contribution >= 0.6 is 0 Å². The van der Waals surface area contributed by atoms with Gasteiger partial charge in [0.05, 0.1) is 7.11 Å². The van der Waals surface area contributed by atoms with Crippen LogP contribution in [0.3, 0.4) is 0 Å². The third kappa shape index (κ3) is 2.42. The first kappa shape index (κ1) is 13.4. The normalized spacial score (nSPS) is 35.1. The molecule has 0 radical (unpaired) electrons. The first-order valence-corrected chi connectivity index (χ1v) is 8.32. The van der Waals surface area contributed by atoms with Gasteiger partial charge in [-0.15, -0.1) is 0 Å². The van der Waals surface area contributed by atoms with Gasteiger partial charge in [-0.3, -0.25) is 0 Å². The molecule has 3 aliphatic rings. The van der Waals surface area contributed by atoms with Gasteiger partial charge in [0.2, 0.25) is 0 Å². The van der Waals surface area contributed by atoms with Crippen LogP contribution in [0.4, 0.5) is 0 Å². The summed E-state index contributed by atoms with van der Waals surface area (Å²) < 4.78 is 11.8. The number of ether oxygens (including phenoxy) is 2. The molecule has 0 saturated heterocycles. The molecule has 1 aromatic rings. The fourth-order valence-electron chi connectivity index (χ4n) is 4.44. The van der Waals surface area contributed by atoms with E-state index in [1.807, 2.05) is 18.2 Å². The van der Waals surface area contributed by atoms with Gasteiger partial charge in [0.15, 0.2) is 0 Å². The van der Waals surface area contributed by atoms with Crippen molar-refractivity contribution < 1.29 is 9.47 Å². The van der Waals surface area contributed by atoms with Crippen LogP contribution in [-0.4, -0.2) is 12.7 Å². The summed E-state index contributed by atoms with van der Waals surface area (Å²) in [7, 11) is 1.69. The highest BCUT2D eigenvalue weighted by molar-refractivity contribution is 5.44. The predicted molar refractivity (Wildman–Crippen MR) is 82.6 cm³/mol. The van der Waals surface area contributed by atoms with Gasteiger partial charge in [-0.25, -0.2) is 0 Å². The predicted octanol–water partition coefficient (Wildman–Crippen LogP) is 3.82. The second-order valence-electron chi connectivity index (χ2n) is 7.19. The molecule has 1 heterocycles. The minimum atomic E-state index is -0.00743. The summed E-state index contributed by atoms with van der Waals surface area (Å²) in [5.74, 6) is 3.68. The monoisotopic (exact) mass is 287 g/mol. The molecule has 0 bridgehead atoms. The lowest BCUT2D eigenvalue weighted by molar-refractivity contribution is -0.0208. The van der Waals surface area contributed by atoms with E-state index < -0.39 is 0 Å². The molecule has 2 fully saturated rings. The van der Waals surface area contributed by atoms with E-state index in [2.05, 4.69) is 0 Å². The molecule has 2 aliphatic carbocycles. The second kappa shape index (κ2) is 4.91. The van der Waals surface area contributed by atoms with Crippen LogP contribution in [0.25, 0.3) is 0 Å². The second-order valence-corrected chi connectivity index (χ2v) is 7.19. The molecule has 2 unspecified atom stereocenters. The quantitative estimate of drug-likeness (QED) is 0.899. The zero-order valence-electron chi connectivity index (χ0n) is 12.8. The largest absolute Gasteiger partial charge is 0.497 e. The Morgan fingerprint density at radius 2 is 2.05 bits per heavy atom. The molecule has 1 aliphatic heterocycles. The molecule has 1 spiro atoms. The Balaban J connectivity index is 1.61. The van der Waals surface area contributed by atoms with Crippen LogP contribution in [0.1, 0.15) is 56.6 Å². The van der Waals surface area contributed by atoms with Crippen molar-refractivity contribution in [2.24, 2.45) is 17.6 Å². The summed E-state index contributed by atoms with van der Waals surface area (Å²) in [6.45, 7) is 0. The topological polar surface area (TPSA) is 44.5 Å². The first-order valence-electron chi connectivity index (χ1n) is 8.32. The highest BCUT2D eigenvalue weighted by atomic mass is 16.5. The van der Waals surface area contributed by atoms with Crippen LogP contribution in [0.15, 0.2) is 18.2 Å².